The number of alkyl halides is 1. The third-order valence-corrected chi connectivity index (χ3v) is 3.05. The highest BCUT2D eigenvalue weighted by molar-refractivity contribution is 5.68. The van der Waals surface area contributed by atoms with E-state index >= 15 is 0 Å². The summed E-state index contributed by atoms with van der Waals surface area (Å²) in [6, 6.07) is -0.450. The van der Waals surface area contributed by atoms with Crippen LogP contribution >= 0.6 is 0 Å². The van der Waals surface area contributed by atoms with Crippen LogP contribution in [0.5, 0.6) is 0 Å². The van der Waals surface area contributed by atoms with Crippen molar-refractivity contribution in [2.45, 2.75) is 44.8 Å². The molecule has 0 spiro atoms. The van der Waals surface area contributed by atoms with E-state index < -0.39 is 18.6 Å². The minimum Gasteiger partial charge on any atom is -0.445 e. The van der Waals surface area contributed by atoms with Gasteiger partial charge < -0.3 is 14.2 Å². The van der Waals surface area contributed by atoms with Gasteiger partial charge >= 0.3 is 6.09 Å². The summed E-state index contributed by atoms with van der Waals surface area (Å²) in [6.07, 6.45) is -0.608. The van der Waals surface area contributed by atoms with Crippen molar-refractivity contribution in [2.75, 3.05) is 20.3 Å². The number of halogens is 1. The van der Waals surface area contributed by atoms with E-state index in [0.29, 0.717) is 0 Å². The molecule has 19 heavy (non-hydrogen) atoms. The molecule has 0 unspecified atom stereocenters. The zero-order valence-electron chi connectivity index (χ0n) is 11.7. The maximum absolute atomic E-state index is 13.2. The summed E-state index contributed by atoms with van der Waals surface area (Å²) < 4.78 is 28.5. The van der Waals surface area contributed by atoms with E-state index in [2.05, 4.69) is 6.58 Å². The van der Waals surface area contributed by atoms with Crippen molar-refractivity contribution in [2.24, 2.45) is 0 Å². The third kappa shape index (κ3) is 4.18. The fourth-order valence-electron chi connectivity index (χ4n) is 2.16. The Bertz CT molecular complexity index is 311. The van der Waals surface area contributed by atoms with Crippen molar-refractivity contribution < 1.29 is 23.4 Å². The number of amides is 1. The lowest BCUT2D eigenvalue weighted by molar-refractivity contribution is -0.153. The number of carbonyl (C=O) groups excluding carboxylic acids is 1. The van der Waals surface area contributed by atoms with E-state index in [-0.39, 0.29) is 31.7 Å². The summed E-state index contributed by atoms with van der Waals surface area (Å²) in [7, 11) is 1.50. The van der Waals surface area contributed by atoms with Gasteiger partial charge in [0.25, 0.3) is 0 Å². The maximum Gasteiger partial charge on any atom is 0.410 e. The van der Waals surface area contributed by atoms with Crippen LogP contribution in [0.1, 0.15) is 20.3 Å². The van der Waals surface area contributed by atoms with E-state index in [9.17, 15) is 9.18 Å². The molecular formula is C13H22FNO4. The summed E-state index contributed by atoms with van der Waals surface area (Å²) >= 11 is 0. The summed E-state index contributed by atoms with van der Waals surface area (Å²) in [6.45, 7) is 7.46. The highest BCUT2D eigenvalue weighted by Gasteiger charge is 2.39. The number of rotatable bonds is 5. The maximum atomic E-state index is 13.2. The van der Waals surface area contributed by atoms with Crippen molar-refractivity contribution in [3.05, 3.63) is 12.7 Å². The Morgan fingerprint density at radius 3 is 2.84 bits per heavy atom. The van der Waals surface area contributed by atoms with Crippen LogP contribution in [0.25, 0.3) is 0 Å². The zero-order chi connectivity index (χ0) is 14.4. The highest BCUT2D eigenvalue weighted by Crippen LogP contribution is 2.24. The zero-order valence-corrected chi connectivity index (χ0v) is 11.7. The Labute approximate surface area is 113 Å². The number of ether oxygens (including phenoxy) is 3. The van der Waals surface area contributed by atoms with E-state index in [0.717, 1.165) is 0 Å². The smallest absolute Gasteiger partial charge is 0.410 e. The third-order valence-electron chi connectivity index (χ3n) is 3.05. The van der Waals surface area contributed by atoms with Gasteiger partial charge in [0.2, 0.25) is 6.36 Å². The molecule has 3 atom stereocenters. The van der Waals surface area contributed by atoms with Crippen LogP contribution in [0.4, 0.5) is 9.18 Å². The van der Waals surface area contributed by atoms with Gasteiger partial charge in [-0.05, 0) is 13.8 Å². The second-order valence-electron chi connectivity index (χ2n) is 4.69. The molecule has 1 aliphatic rings. The molecule has 110 valence electrons. The Hall–Kier alpha value is -1.14. The minimum absolute atomic E-state index is 0.0975. The van der Waals surface area contributed by atoms with Gasteiger partial charge in [-0.25, -0.2) is 9.18 Å². The van der Waals surface area contributed by atoms with Gasteiger partial charge in [0.15, 0.2) is 0 Å². The Balaban J connectivity index is 2.79. The van der Waals surface area contributed by atoms with Gasteiger partial charge in [0.1, 0.15) is 6.61 Å². The molecule has 0 N–H and O–H groups in total. The Morgan fingerprint density at radius 2 is 2.32 bits per heavy atom. The van der Waals surface area contributed by atoms with Crippen molar-refractivity contribution >= 4 is 6.09 Å². The SMILES string of the molecule is C=CCOC(=O)N(C(C)C)[C@H]1CO[C@@H](F)C[C@@H]1OC. The molecule has 1 fully saturated rings. The molecule has 5 nitrogen and oxygen atoms in total. The van der Waals surface area contributed by atoms with E-state index in [1.165, 1.54) is 18.1 Å². The van der Waals surface area contributed by atoms with Crippen LogP contribution < -0.4 is 0 Å². The molecule has 6 heteroatoms. The first kappa shape index (κ1) is 15.9. The molecule has 0 aliphatic carbocycles. The van der Waals surface area contributed by atoms with Gasteiger partial charge in [0, 0.05) is 19.6 Å². The molecule has 1 amide bonds. The first-order valence-electron chi connectivity index (χ1n) is 6.35. The molecule has 1 aliphatic heterocycles. The first-order chi connectivity index (χ1) is 9.01. The summed E-state index contributed by atoms with van der Waals surface area (Å²) in [5.74, 6) is 0. The van der Waals surface area contributed by atoms with Crippen molar-refractivity contribution in [3.63, 3.8) is 0 Å². The fraction of sp³-hybridized carbons (Fsp3) is 0.769. The van der Waals surface area contributed by atoms with Crippen LogP contribution in [0.3, 0.4) is 0 Å². The quantitative estimate of drug-likeness (QED) is 0.721. The Morgan fingerprint density at radius 1 is 1.63 bits per heavy atom. The standard InChI is InChI=1S/C13H22FNO4/c1-5-6-18-13(16)15(9(2)3)10-8-19-12(14)7-11(10)17-4/h5,9-12H,1,6-8H2,2-4H3/t10-,11-,12+/m0/s1. The van der Waals surface area contributed by atoms with E-state index in [1.54, 1.807) is 0 Å². The second-order valence-corrected chi connectivity index (χ2v) is 4.69. The lowest BCUT2D eigenvalue weighted by Gasteiger charge is -2.41. The first-order valence-corrected chi connectivity index (χ1v) is 6.35. The lowest BCUT2D eigenvalue weighted by Crippen LogP contribution is -2.56. The van der Waals surface area contributed by atoms with Crippen LogP contribution in [0, 0.1) is 0 Å². The summed E-state index contributed by atoms with van der Waals surface area (Å²) in [5, 5.41) is 0. The molecule has 0 saturated carbocycles. The molecule has 0 aromatic heterocycles. The molecular weight excluding hydrogens is 253 g/mol. The molecule has 0 aromatic carbocycles. The highest BCUT2D eigenvalue weighted by atomic mass is 19.1. The predicted octanol–water partition coefficient (Wildman–Crippen LogP) is 2.12. The van der Waals surface area contributed by atoms with Crippen LogP contribution in [-0.4, -0.2) is 55.9 Å². The lowest BCUT2D eigenvalue weighted by atomic mass is 10.0. The Kier molecular flexibility index (Phi) is 6.24. The summed E-state index contributed by atoms with van der Waals surface area (Å²) in [5.41, 5.74) is 0. The van der Waals surface area contributed by atoms with Gasteiger partial charge in [-0.3, -0.25) is 4.90 Å². The number of carbonyl (C=O) groups is 1. The van der Waals surface area contributed by atoms with Crippen LogP contribution in [-0.2, 0) is 14.2 Å². The molecule has 1 rings (SSSR count). The van der Waals surface area contributed by atoms with Crippen LogP contribution in [0.15, 0.2) is 12.7 Å². The molecule has 0 aromatic rings. The number of methoxy groups -OCH3 is 1. The number of hydrogen-bond donors (Lipinski definition) is 0. The molecule has 0 bridgehead atoms. The fourth-order valence-corrected chi connectivity index (χ4v) is 2.16. The van der Waals surface area contributed by atoms with Gasteiger partial charge in [0.05, 0.1) is 18.8 Å². The topological polar surface area (TPSA) is 48.0 Å². The van der Waals surface area contributed by atoms with Crippen molar-refractivity contribution in [3.8, 4) is 0 Å². The van der Waals surface area contributed by atoms with Crippen molar-refractivity contribution in [1.29, 1.82) is 0 Å². The molecule has 1 saturated heterocycles. The minimum atomic E-state index is -1.35. The summed E-state index contributed by atoms with van der Waals surface area (Å²) in [4.78, 5) is 13.6. The van der Waals surface area contributed by atoms with Gasteiger partial charge in [-0.1, -0.05) is 12.7 Å². The van der Waals surface area contributed by atoms with Gasteiger partial charge in [-0.15, -0.1) is 0 Å². The monoisotopic (exact) mass is 275 g/mol. The molecule has 1 heterocycles. The largest absolute Gasteiger partial charge is 0.445 e. The van der Waals surface area contributed by atoms with Crippen molar-refractivity contribution in [1.82, 2.24) is 4.90 Å². The number of hydrogen-bond acceptors (Lipinski definition) is 4. The average molecular weight is 275 g/mol. The van der Waals surface area contributed by atoms with Gasteiger partial charge in [-0.2, -0.15) is 0 Å². The predicted molar refractivity (Wildman–Crippen MR) is 68.6 cm³/mol. The van der Waals surface area contributed by atoms with E-state index in [4.69, 9.17) is 14.2 Å². The van der Waals surface area contributed by atoms with Crippen LogP contribution in [0.2, 0.25) is 0 Å². The van der Waals surface area contributed by atoms with E-state index in [1.807, 2.05) is 13.8 Å². The normalized spacial score (nSPS) is 27.1. The second kappa shape index (κ2) is 7.45. The number of nitrogens with zero attached hydrogens (tertiary/aromatic N) is 1. The average Bonchev–Trinajstić information content (AvgIpc) is 2.37. The molecule has 0 radical (unpaired) electrons.